The topological polar surface area (TPSA) is 21.3 Å². The predicted octanol–water partition coefficient (Wildman–Crippen LogP) is 3.36. The monoisotopic (exact) mass is 239 g/mol. The molecular weight excluding hydrogens is 210 g/mol. The van der Waals surface area contributed by atoms with Crippen LogP contribution in [0.25, 0.3) is 0 Å². The predicted molar refractivity (Wildman–Crippen MR) is 72.2 cm³/mol. The summed E-state index contributed by atoms with van der Waals surface area (Å²) in [7, 11) is 0. The van der Waals surface area contributed by atoms with Crippen LogP contribution in [0.1, 0.15) is 59.8 Å². The van der Waals surface area contributed by atoms with Gasteiger partial charge >= 0.3 is 0 Å². The Kier molecular flexibility index (Phi) is 3.84. The highest BCUT2D eigenvalue weighted by atomic mass is 16.5. The molecule has 0 aromatic rings. The second kappa shape index (κ2) is 4.89. The Labute approximate surface area is 107 Å². The first-order chi connectivity index (χ1) is 7.91. The van der Waals surface area contributed by atoms with Gasteiger partial charge in [0.1, 0.15) is 0 Å². The third kappa shape index (κ3) is 3.45. The first-order valence-electron chi connectivity index (χ1n) is 7.32. The standard InChI is InChI=1S/C15H29NO/c1-12(2)8-13-6-5-7-15(9-13)11-16-10-14(3,4)17-15/h12-13,16H,5-11H2,1-4H3. The van der Waals surface area contributed by atoms with E-state index in [0.717, 1.165) is 24.9 Å². The molecule has 2 unspecified atom stereocenters. The molecule has 0 amide bonds. The Morgan fingerprint density at radius 2 is 2.06 bits per heavy atom. The normalized spacial score (nSPS) is 37.6. The van der Waals surface area contributed by atoms with E-state index in [2.05, 4.69) is 33.0 Å². The lowest BCUT2D eigenvalue weighted by molar-refractivity contribution is -0.182. The second-order valence-electron chi connectivity index (χ2n) is 7.24. The SMILES string of the molecule is CC(C)CC1CCCC2(CNCC(C)(C)O2)C1. The Morgan fingerprint density at radius 3 is 2.71 bits per heavy atom. The van der Waals surface area contributed by atoms with Crippen LogP contribution in [0.15, 0.2) is 0 Å². The minimum atomic E-state index is 0.0119. The largest absolute Gasteiger partial charge is 0.366 e. The zero-order valence-corrected chi connectivity index (χ0v) is 12.0. The van der Waals surface area contributed by atoms with E-state index < -0.39 is 0 Å². The Balaban J connectivity index is 1.99. The number of hydrogen-bond acceptors (Lipinski definition) is 2. The van der Waals surface area contributed by atoms with E-state index in [1.165, 1.54) is 32.1 Å². The van der Waals surface area contributed by atoms with Gasteiger partial charge in [0.05, 0.1) is 11.2 Å². The van der Waals surface area contributed by atoms with E-state index in [1.807, 2.05) is 0 Å². The fourth-order valence-corrected chi connectivity index (χ4v) is 3.81. The van der Waals surface area contributed by atoms with Crippen molar-refractivity contribution < 1.29 is 4.74 Å². The molecule has 2 rings (SSSR count). The molecule has 2 heteroatoms. The van der Waals surface area contributed by atoms with Crippen LogP contribution in [0, 0.1) is 11.8 Å². The van der Waals surface area contributed by atoms with E-state index >= 15 is 0 Å². The van der Waals surface area contributed by atoms with Crippen molar-refractivity contribution in [3.8, 4) is 0 Å². The summed E-state index contributed by atoms with van der Waals surface area (Å²) in [5.41, 5.74) is 0.150. The van der Waals surface area contributed by atoms with Crippen LogP contribution in [0.3, 0.4) is 0 Å². The highest BCUT2D eigenvalue weighted by Gasteiger charge is 2.43. The Hall–Kier alpha value is -0.0800. The van der Waals surface area contributed by atoms with Crippen molar-refractivity contribution in [2.45, 2.75) is 71.0 Å². The zero-order chi connectivity index (χ0) is 12.5. The molecule has 2 nitrogen and oxygen atoms in total. The summed E-state index contributed by atoms with van der Waals surface area (Å²) in [5, 5.41) is 3.58. The summed E-state index contributed by atoms with van der Waals surface area (Å²) in [5.74, 6) is 1.69. The molecule has 0 bridgehead atoms. The molecule has 1 saturated heterocycles. The molecule has 1 heterocycles. The minimum Gasteiger partial charge on any atom is -0.366 e. The fourth-order valence-electron chi connectivity index (χ4n) is 3.81. The number of rotatable bonds is 2. The fraction of sp³-hybridized carbons (Fsp3) is 1.00. The minimum absolute atomic E-state index is 0.0119. The van der Waals surface area contributed by atoms with Gasteiger partial charge in [-0.05, 0) is 44.9 Å². The molecule has 1 N–H and O–H groups in total. The smallest absolute Gasteiger partial charge is 0.0816 e. The van der Waals surface area contributed by atoms with Crippen molar-refractivity contribution in [3.05, 3.63) is 0 Å². The summed E-state index contributed by atoms with van der Waals surface area (Å²) >= 11 is 0. The lowest BCUT2D eigenvalue weighted by Gasteiger charge is -2.49. The molecule has 17 heavy (non-hydrogen) atoms. The van der Waals surface area contributed by atoms with Crippen LogP contribution in [0.2, 0.25) is 0 Å². The van der Waals surface area contributed by atoms with Gasteiger partial charge < -0.3 is 10.1 Å². The Morgan fingerprint density at radius 1 is 1.29 bits per heavy atom. The van der Waals surface area contributed by atoms with Crippen LogP contribution in [0.5, 0.6) is 0 Å². The molecule has 2 atom stereocenters. The van der Waals surface area contributed by atoms with Gasteiger partial charge in [0.2, 0.25) is 0 Å². The van der Waals surface area contributed by atoms with Gasteiger partial charge in [-0.3, -0.25) is 0 Å². The van der Waals surface area contributed by atoms with Crippen LogP contribution < -0.4 is 5.32 Å². The van der Waals surface area contributed by atoms with Crippen LogP contribution >= 0.6 is 0 Å². The van der Waals surface area contributed by atoms with Gasteiger partial charge in [-0.15, -0.1) is 0 Å². The first-order valence-corrected chi connectivity index (χ1v) is 7.32. The summed E-state index contributed by atoms with van der Waals surface area (Å²) < 4.78 is 6.45. The van der Waals surface area contributed by atoms with E-state index in [-0.39, 0.29) is 11.2 Å². The average Bonchev–Trinajstić information content (AvgIpc) is 2.13. The van der Waals surface area contributed by atoms with Gasteiger partial charge in [0.25, 0.3) is 0 Å². The lowest BCUT2D eigenvalue weighted by Crippen LogP contribution is -2.59. The van der Waals surface area contributed by atoms with Crippen molar-refractivity contribution in [2.75, 3.05) is 13.1 Å². The molecule has 0 aromatic carbocycles. The van der Waals surface area contributed by atoms with Gasteiger partial charge in [-0.1, -0.05) is 26.7 Å². The third-order valence-electron chi connectivity index (χ3n) is 4.20. The summed E-state index contributed by atoms with van der Waals surface area (Å²) in [6.45, 7) is 11.2. The Bertz CT molecular complexity index is 258. The van der Waals surface area contributed by atoms with Crippen LogP contribution in [-0.2, 0) is 4.74 Å². The quantitative estimate of drug-likeness (QED) is 0.798. The van der Waals surface area contributed by atoms with E-state index in [4.69, 9.17) is 4.74 Å². The van der Waals surface area contributed by atoms with Crippen molar-refractivity contribution in [1.29, 1.82) is 0 Å². The molecule has 0 radical (unpaired) electrons. The van der Waals surface area contributed by atoms with Crippen molar-refractivity contribution >= 4 is 0 Å². The number of morpholine rings is 1. The number of nitrogens with one attached hydrogen (secondary N) is 1. The highest BCUT2D eigenvalue weighted by molar-refractivity contribution is 4.96. The lowest BCUT2D eigenvalue weighted by atomic mass is 9.74. The average molecular weight is 239 g/mol. The van der Waals surface area contributed by atoms with Gasteiger partial charge in [-0.2, -0.15) is 0 Å². The molecule has 1 saturated carbocycles. The molecule has 2 fully saturated rings. The maximum atomic E-state index is 6.45. The summed E-state index contributed by atoms with van der Waals surface area (Å²) in [6.07, 6.45) is 6.63. The molecule has 100 valence electrons. The molecule has 2 aliphatic rings. The summed E-state index contributed by atoms with van der Waals surface area (Å²) in [6, 6.07) is 0. The van der Waals surface area contributed by atoms with E-state index in [1.54, 1.807) is 0 Å². The zero-order valence-electron chi connectivity index (χ0n) is 12.0. The maximum absolute atomic E-state index is 6.45. The van der Waals surface area contributed by atoms with E-state index in [9.17, 15) is 0 Å². The molecule has 1 spiro atoms. The van der Waals surface area contributed by atoms with Crippen molar-refractivity contribution in [2.24, 2.45) is 11.8 Å². The van der Waals surface area contributed by atoms with Gasteiger partial charge in [0, 0.05) is 13.1 Å². The molecule has 0 aromatic heterocycles. The van der Waals surface area contributed by atoms with E-state index in [0.29, 0.717) is 0 Å². The third-order valence-corrected chi connectivity index (χ3v) is 4.20. The second-order valence-corrected chi connectivity index (χ2v) is 7.24. The van der Waals surface area contributed by atoms with Crippen LogP contribution in [0.4, 0.5) is 0 Å². The summed E-state index contributed by atoms with van der Waals surface area (Å²) in [4.78, 5) is 0. The number of hydrogen-bond donors (Lipinski definition) is 1. The van der Waals surface area contributed by atoms with Crippen molar-refractivity contribution in [3.63, 3.8) is 0 Å². The maximum Gasteiger partial charge on any atom is 0.0816 e. The molecule has 1 aliphatic heterocycles. The molecular formula is C15H29NO. The number of ether oxygens (including phenoxy) is 1. The van der Waals surface area contributed by atoms with Gasteiger partial charge in [-0.25, -0.2) is 0 Å². The van der Waals surface area contributed by atoms with Gasteiger partial charge in [0.15, 0.2) is 0 Å². The molecule has 1 aliphatic carbocycles. The van der Waals surface area contributed by atoms with Crippen molar-refractivity contribution in [1.82, 2.24) is 5.32 Å². The first kappa shape index (κ1) is 13.4. The van der Waals surface area contributed by atoms with Crippen LogP contribution in [-0.4, -0.2) is 24.3 Å². The highest BCUT2D eigenvalue weighted by Crippen LogP contribution is 2.41.